The van der Waals surface area contributed by atoms with Crippen LogP contribution < -0.4 is 5.11 Å². The van der Waals surface area contributed by atoms with Gasteiger partial charge in [0, 0.05) is 51.2 Å². The third kappa shape index (κ3) is 8.72. The summed E-state index contributed by atoms with van der Waals surface area (Å²) in [7, 11) is 0. The molecule has 1 N–H and O–H groups in total. The van der Waals surface area contributed by atoms with Crippen LogP contribution in [0.1, 0.15) is 72.7 Å². The van der Waals surface area contributed by atoms with Crippen LogP contribution in [0.25, 0.3) is 23.1 Å². The molecule has 1 unspecified atom stereocenters. The van der Waals surface area contributed by atoms with E-state index in [4.69, 9.17) is 16.6 Å². The van der Waals surface area contributed by atoms with E-state index in [2.05, 4.69) is 36.4 Å². The minimum Gasteiger partial charge on any atom is -0.550 e. The summed E-state index contributed by atoms with van der Waals surface area (Å²) in [4.78, 5) is 16.1. The molecule has 3 aromatic carbocycles. The number of benzene rings is 3. The van der Waals surface area contributed by atoms with Gasteiger partial charge in [0.05, 0.1) is 16.8 Å². The van der Waals surface area contributed by atoms with E-state index in [9.17, 15) is 15.0 Å². The molecule has 1 saturated carbocycles. The number of aliphatic carboxylic acids is 1. The number of aliphatic hydroxyl groups is 1. The normalized spacial score (nSPS) is 15.0. The van der Waals surface area contributed by atoms with Gasteiger partial charge in [0.15, 0.2) is 0 Å². The topological polar surface area (TPSA) is 73.2 Å². The number of nitrogens with zero attached hydrogens (tertiary/aromatic N) is 1. The minimum atomic E-state index is -0.963. The average molecular weight is 608 g/mol. The van der Waals surface area contributed by atoms with Gasteiger partial charge in [0.1, 0.15) is 0 Å². The number of hydrogen-bond donors (Lipinski definition) is 1. The van der Waals surface area contributed by atoms with Gasteiger partial charge < -0.3 is 15.0 Å². The van der Waals surface area contributed by atoms with Crippen molar-refractivity contribution in [3.8, 4) is 0 Å². The van der Waals surface area contributed by atoms with Crippen LogP contribution in [0.4, 0.5) is 0 Å². The molecule has 0 bridgehead atoms. The molecule has 1 aromatic heterocycles. The maximum absolute atomic E-state index is 11.4. The smallest absolute Gasteiger partial charge is 0.0843 e. The quantitative estimate of drug-likeness (QED) is 0.172. The number of halogens is 1. The molecule has 1 aliphatic carbocycles. The molecule has 0 aliphatic heterocycles. The number of aromatic nitrogens is 1. The van der Waals surface area contributed by atoms with E-state index in [1.54, 1.807) is 0 Å². The van der Waals surface area contributed by atoms with Crippen LogP contribution in [0.15, 0.2) is 78.9 Å². The van der Waals surface area contributed by atoms with Crippen LogP contribution in [0.5, 0.6) is 0 Å². The zero-order valence-corrected chi connectivity index (χ0v) is 28.0. The average Bonchev–Trinajstić information content (AvgIpc) is 3.70. The predicted molar refractivity (Wildman–Crippen MR) is 174 cm³/mol. The Bertz CT molecular complexity index is 1580. The summed E-state index contributed by atoms with van der Waals surface area (Å²) in [5, 5.41) is 24.0. The molecule has 0 amide bonds. The number of fused-ring (bicyclic) bond motifs is 1. The second kappa shape index (κ2) is 14.1. The molecular weight excluding hydrogens is 573 g/mol. The number of carboxylic acids is 1. The fraction of sp³-hybridized carbons (Fsp3) is 0.314. The number of carbonyl (C=O) groups is 1. The van der Waals surface area contributed by atoms with Crippen LogP contribution in [0, 0.1) is 5.41 Å². The number of aryl methyl sites for hydroxylation is 1. The van der Waals surface area contributed by atoms with Crippen LogP contribution in [0.2, 0.25) is 5.02 Å². The summed E-state index contributed by atoms with van der Waals surface area (Å²) in [5.41, 5.74) is 5.03. The molecule has 0 spiro atoms. The van der Waals surface area contributed by atoms with Crippen molar-refractivity contribution in [3.63, 3.8) is 0 Å². The Labute approximate surface area is 279 Å². The maximum Gasteiger partial charge on any atom is 0.0843 e. The van der Waals surface area contributed by atoms with Gasteiger partial charge in [-0.25, -0.2) is 4.98 Å². The largest absolute Gasteiger partial charge is 0.550 e. The first kappa shape index (κ1) is 32.8. The van der Waals surface area contributed by atoms with Gasteiger partial charge in [0.2, 0.25) is 0 Å². The number of carbonyl (C=O) groups excluding carboxylic acids is 1. The number of carboxylic acid groups (broad SMARTS) is 1. The van der Waals surface area contributed by atoms with Crippen molar-refractivity contribution in [1.29, 1.82) is 0 Å². The summed E-state index contributed by atoms with van der Waals surface area (Å²) in [6.07, 6.45) is 7.78. The second-order valence-corrected chi connectivity index (χ2v) is 13.3. The van der Waals surface area contributed by atoms with Gasteiger partial charge >= 0.3 is 0 Å². The third-order valence-corrected chi connectivity index (χ3v) is 9.75. The molecule has 4 nitrogen and oxygen atoms in total. The van der Waals surface area contributed by atoms with E-state index >= 15 is 0 Å². The SMILES string of the molecule is CC(C)(O)c1ccccc1CCC(SCC1(CC(=O)[O-])CC1)c1cccc(C=Cc2ccc3ccc(Cl)cc3n2)c1.[Na]. The van der Waals surface area contributed by atoms with Gasteiger partial charge in [-0.2, -0.15) is 11.8 Å². The van der Waals surface area contributed by atoms with E-state index < -0.39 is 11.6 Å². The van der Waals surface area contributed by atoms with Gasteiger partial charge in [0.25, 0.3) is 0 Å². The summed E-state index contributed by atoms with van der Waals surface area (Å²) in [6, 6.07) is 26.4. The van der Waals surface area contributed by atoms with Gasteiger partial charge in [-0.3, -0.25) is 0 Å². The third-order valence-electron chi connectivity index (χ3n) is 7.82. The number of pyridine rings is 1. The zero-order chi connectivity index (χ0) is 29.0. The van der Waals surface area contributed by atoms with E-state index in [0.717, 1.165) is 64.7 Å². The van der Waals surface area contributed by atoms with E-state index in [-0.39, 0.29) is 46.6 Å². The van der Waals surface area contributed by atoms with Crippen LogP contribution in [-0.2, 0) is 16.8 Å². The predicted octanol–water partition coefficient (Wildman–Crippen LogP) is 7.23. The van der Waals surface area contributed by atoms with Crippen molar-refractivity contribution in [2.24, 2.45) is 5.41 Å². The molecule has 1 fully saturated rings. The molecule has 213 valence electrons. The Balaban J connectivity index is 0.00000405. The molecule has 5 rings (SSSR count). The molecule has 7 heteroatoms. The summed E-state index contributed by atoms with van der Waals surface area (Å²) in [6.45, 7) is 3.65. The van der Waals surface area contributed by atoms with E-state index in [1.807, 2.05) is 80.2 Å². The van der Waals surface area contributed by atoms with Crippen molar-refractivity contribution in [2.45, 2.75) is 56.8 Å². The van der Waals surface area contributed by atoms with Crippen molar-refractivity contribution >= 4 is 81.9 Å². The first-order valence-electron chi connectivity index (χ1n) is 14.1. The summed E-state index contributed by atoms with van der Waals surface area (Å²) in [5.74, 6) is -0.168. The Kier molecular flexibility index (Phi) is 11.0. The molecule has 1 radical (unpaired) electrons. The number of thioether (sulfide) groups is 1. The monoisotopic (exact) mass is 607 g/mol. The Morgan fingerprint density at radius 2 is 1.83 bits per heavy atom. The molecule has 42 heavy (non-hydrogen) atoms. The Hall–Kier alpha value is -2.12. The fourth-order valence-electron chi connectivity index (χ4n) is 5.34. The van der Waals surface area contributed by atoms with Crippen LogP contribution in [-0.4, -0.2) is 51.4 Å². The van der Waals surface area contributed by atoms with Gasteiger partial charge in [-0.15, -0.1) is 0 Å². The fourth-order valence-corrected chi connectivity index (χ4v) is 7.08. The second-order valence-electron chi connectivity index (χ2n) is 11.7. The number of rotatable bonds is 12. The molecule has 1 aliphatic rings. The minimum absolute atomic E-state index is 0. The molecular formula is C35H35ClNNaO3S-. The van der Waals surface area contributed by atoms with Crippen molar-refractivity contribution in [2.75, 3.05) is 5.75 Å². The van der Waals surface area contributed by atoms with Crippen molar-refractivity contribution < 1.29 is 15.0 Å². The Morgan fingerprint density at radius 1 is 1.07 bits per heavy atom. The molecule has 1 atom stereocenters. The first-order chi connectivity index (χ1) is 19.6. The number of hydrogen-bond acceptors (Lipinski definition) is 5. The first-order valence-corrected chi connectivity index (χ1v) is 15.5. The van der Waals surface area contributed by atoms with Gasteiger partial charge in [-0.1, -0.05) is 78.3 Å². The van der Waals surface area contributed by atoms with E-state index in [0.29, 0.717) is 5.02 Å². The molecule has 0 saturated heterocycles. The standard InChI is InChI=1S/C35H36ClNO3S.Na/c1-34(2,40)30-9-4-3-7-25(30)13-17-32(41-23-35(18-19-35)22-33(38)39)27-8-5-6-24(20-27)10-15-29-16-12-26-11-14-28(36)21-31(26)37-29;/h3-12,14-16,20-21,32,40H,13,17-19,22-23H2,1-2H3,(H,38,39);/p-1. The zero-order valence-electron chi connectivity index (χ0n) is 24.5. The Morgan fingerprint density at radius 3 is 2.57 bits per heavy atom. The summed E-state index contributed by atoms with van der Waals surface area (Å²) < 4.78 is 0. The van der Waals surface area contributed by atoms with Crippen LogP contribution in [0.3, 0.4) is 0 Å². The van der Waals surface area contributed by atoms with Gasteiger partial charge in [-0.05, 0) is 104 Å². The molecule has 4 aromatic rings. The van der Waals surface area contributed by atoms with E-state index in [1.165, 1.54) is 5.56 Å². The van der Waals surface area contributed by atoms with Crippen molar-refractivity contribution in [3.05, 3.63) is 112 Å². The van der Waals surface area contributed by atoms with Crippen LogP contribution >= 0.6 is 23.4 Å². The molecule has 1 heterocycles. The van der Waals surface area contributed by atoms with Crippen molar-refractivity contribution in [1.82, 2.24) is 4.98 Å². The summed E-state index contributed by atoms with van der Waals surface area (Å²) >= 11 is 8.01. The maximum atomic E-state index is 11.4.